The summed E-state index contributed by atoms with van der Waals surface area (Å²) in [5.41, 5.74) is 1.30. The SMILES string of the molecule is CC(NCC1(C(C)C)CC1)C1(C)CC1. The van der Waals surface area contributed by atoms with Gasteiger partial charge in [0.05, 0.1) is 0 Å². The molecule has 1 nitrogen and oxygen atoms in total. The topological polar surface area (TPSA) is 12.0 Å². The van der Waals surface area contributed by atoms with Crippen LogP contribution in [0.2, 0.25) is 0 Å². The molecule has 2 fully saturated rings. The van der Waals surface area contributed by atoms with Crippen LogP contribution in [0.4, 0.5) is 0 Å². The molecule has 2 rings (SSSR count). The third-order valence-electron chi connectivity index (χ3n) is 4.96. The number of nitrogens with one attached hydrogen (secondary N) is 1. The average Bonchev–Trinajstić information content (AvgIpc) is 2.97. The molecule has 2 aliphatic rings. The molecule has 0 aromatic carbocycles. The van der Waals surface area contributed by atoms with Gasteiger partial charge in [-0.05, 0) is 49.4 Å². The van der Waals surface area contributed by atoms with Crippen LogP contribution in [0.15, 0.2) is 0 Å². The van der Waals surface area contributed by atoms with Gasteiger partial charge in [-0.2, -0.15) is 0 Å². The molecule has 0 saturated heterocycles. The minimum absolute atomic E-state index is 0.632. The van der Waals surface area contributed by atoms with Crippen molar-refractivity contribution in [3.05, 3.63) is 0 Å². The number of hydrogen-bond acceptors (Lipinski definition) is 1. The van der Waals surface area contributed by atoms with Gasteiger partial charge >= 0.3 is 0 Å². The smallest absolute Gasteiger partial charge is 0.00927 e. The second-order valence-electron chi connectivity index (χ2n) is 6.27. The molecular weight excluding hydrogens is 170 g/mol. The van der Waals surface area contributed by atoms with Gasteiger partial charge in [-0.25, -0.2) is 0 Å². The highest BCUT2D eigenvalue weighted by molar-refractivity contribution is 5.01. The van der Waals surface area contributed by atoms with Gasteiger partial charge in [-0.3, -0.25) is 0 Å². The number of hydrogen-bond donors (Lipinski definition) is 1. The summed E-state index contributed by atoms with van der Waals surface area (Å²) in [6.07, 6.45) is 5.74. The van der Waals surface area contributed by atoms with Gasteiger partial charge in [-0.15, -0.1) is 0 Å². The highest BCUT2D eigenvalue weighted by atomic mass is 15.0. The van der Waals surface area contributed by atoms with Crippen LogP contribution in [0.1, 0.15) is 53.4 Å². The Labute approximate surface area is 88.7 Å². The summed E-state index contributed by atoms with van der Waals surface area (Å²) in [7, 11) is 0. The summed E-state index contributed by atoms with van der Waals surface area (Å²) < 4.78 is 0. The zero-order chi connectivity index (χ0) is 10.4. The summed E-state index contributed by atoms with van der Waals surface area (Å²) in [5, 5.41) is 3.77. The summed E-state index contributed by atoms with van der Waals surface area (Å²) in [6.45, 7) is 10.8. The fraction of sp³-hybridized carbons (Fsp3) is 1.00. The third-order valence-corrected chi connectivity index (χ3v) is 4.96. The highest BCUT2D eigenvalue weighted by Gasteiger charge is 2.47. The molecule has 1 N–H and O–H groups in total. The van der Waals surface area contributed by atoms with Crippen molar-refractivity contribution in [2.45, 2.75) is 59.4 Å². The fourth-order valence-electron chi connectivity index (χ4n) is 2.35. The normalized spacial score (nSPS) is 28.9. The van der Waals surface area contributed by atoms with Crippen LogP contribution in [0.25, 0.3) is 0 Å². The highest BCUT2D eigenvalue weighted by Crippen LogP contribution is 2.52. The van der Waals surface area contributed by atoms with E-state index in [9.17, 15) is 0 Å². The molecule has 0 aromatic heterocycles. The molecule has 0 amide bonds. The molecule has 0 spiro atoms. The van der Waals surface area contributed by atoms with Crippen LogP contribution >= 0.6 is 0 Å². The second kappa shape index (κ2) is 3.23. The van der Waals surface area contributed by atoms with Gasteiger partial charge in [0, 0.05) is 12.6 Å². The lowest BCUT2D eigenvalue weighted by Crippen LogP contribution is -2.38. The van der Waals surface area contributed by atoms with Crippen LogP contribution in [0.3, 0.4) is 0 Å². The summed E-state index contributed by atoms with van der Waals surface area (Å²) in [5.74, 6) is 0.856. The van der Waals surface area contributed by atoms with E-state index in [-0.39, 0.29) is 0 Å². The maximum atomic E-state index is 3.77. The van der Waals surface area contributed by atoms with Gasteiger partial charge < -0.3 is 5.32 Å². The van der Waals surface area contributed by atoms with Crippen molar-refractivity contribution < 1.29 is 0 Å². The van der Waals surface area contributed by atoms with E-state index in [2.05, 4.69) is 33.0 Å². The Balaban J connectivity index is 1.77. The zero-order valence-electron chi connectivity index (χ0n) is 10.2. The first-order valence-corrected chi connectivity index (χ1v) is 6.22. The molecule has 0 aromatic rings. The van der Waals surface area contributed by atoms with E-state index in [4.69, 9.17) is 0 Å². The minimum Gasteiger partial charge on any atom is -0.313 e. The van der Waals surface area contributed by atoms with Gasteiger partial charge in [0.15, 0.2) is 0 Å². The molecule has 82 valence electrons. The standard InChI is InChI=1S/C13H25N/c1-10(2)13(7-8-13)9-14-11(3)12(4)5-6-12/h10-11,14H,5-9H2,1-4H3. The predicted molar refractivity (Wildman–Crippen MR) is 61.3 cm³/mol. The monoisotopic (exact) mass is 195 g/mol. The molecule has 0 radical (unpaired) electrons. The lowest BCUT2D eigenvalue weighted by molar-refractivity contribution is 0.290. The fourth-order valence-corrected chi connectivity index (χ4v) is 2.35. The van der Waals surface area contributed by atoms with Crippen molar-refractivity contribution in [1.82, 2.24) is 5.32 Å². The maximum Gasteiger partial charge on any atom is 0.00927 e. The lowest BCUT2D eigenvalue weighted by Gasteiger charge is -2.26. The molecule has 0 aliphatic heterocycles. The Bertz CT molecular complexity index is 211. The molecular formula is C13H25N. The minimum atomic E-state index is 0.632. The van der Waals surface area contributed by atoms with Crippen molar-refractivity contribution in [2.24, 2.45) is 16.7 Å². The molecule has 1 heteroatoms. The van der Waals surface area contributed by atoms with E-state index in [0.717, 1.165) is 12.0 Å². The Hall–Kier alpha value is -0.0400. The largest absolute Gasteiger partial charge is 0.313 e. The van der Waals surface area contributed by atoms with E-state index in [1.54, 1.807) is 0 Å². The first-order valence-electron chi connectivity index (χ1n) is 6.22. The van der Waals surface area contributed by atoms with Crippen molar-refractivity contribution in [2.75, 3.05) is 6.54 Å². The second-order valence-corrected chi connectivity index (χ2v) is 6.27. The van der Waals surface area contributed by atoms with Gasteiger partial charge in [-0.1, -0.05) is 20.8 Å². The van der Waals surface area contributed by atoms with Crippen LogP contribution in [-0.4, -0.2) is 12.6 Å². The summed E-state index contributed by atoms with van der Waals surface area (Å²) >= 11 is 0. The Morgan fingerprint density at radius 2 is 1.64 bits per heavy atom. The van der Waals surface area contributed by atoms with E-state index < -0.39 is 0 Å². The van der Waals surface area contributed by atoms with E-state index >= 15 is 0 Å². The molecule has 0 heterocycles. The zero-order valence-corrected chi connectivity index (χ0v) is 10.2. The van der Waals surface area contributed by atoms with E-state index in [0.29, 0.717) is 10.8 Å². The van der Waals surface area contributed by atoms with E-state index in [1.165, 1.54) is 32.2 Å². The average molecular weight is 195 g/mol. The van der Waals surface area contributed by atoms with Crippen LogP contribution < -0.4 is 5.32 Å². The molecule has 0 bridgehead atoms. The predicted octanol–water partition coefficient (Wildman–Crippen LogP) is 3.20. The Morgan fingerprint density at radius 3 is 2.00 bits per heavy atom. The molecule has 1 unspecified atom stereocenters. The third kappa shape index (κ3) is 1.84. The molecule has 1 atom stereocenters. The molecule has 14 heavy (non-hydrogen) atoms. The molecule has 2 saturated carbocycles. The van der Waals surface area contributed by atoms with Gasteiger partial charge in [0.25, 0.3) is 0 Å². The molecule has 2 aliphatic carbocycles. The van der Waals surface area contributed by atoms with Crippen molar-refractivity contribution in [3.8, 4) is 0 Å². The van der Waals surface area contributed by atoms with Crippen LogP contribution in [0.5, 0.6) is 0 Å². The summed E-state index contributed by atoms with van der Waals surface area (Å²) in [4.78, 5) is 0. The quantitative estimate of drug-likeness (QED) is 0.710. The van der Waals surface area contributed by atoms with Gasteiger partial charge in [0.2, 0.25) is 0 Å². The van der Waals surface area contributed by atoms with E-state index in [1.807, 2.05) is 0 Å². The number of rotatable bonds is 5. The van der Waals surface area contributed by atoms with Crippen LogP contribution in [0, 0.1) is 16.7 Å². The maximum absolute atomic E-state index is 3.77. The van der Waals surface area contributed by atoms with Crippen molar-refractivity contribution >= 4 is 0 Å². The first-order chi connectivity index (χ1) is 6.49. The lowest BCUT2D eigenvalue weighted by atomic mass is 9.91. The van der Waals surface area contributed by atoms with Crippen molar-refractivity contribution in [1.29, 1.82) is 0 Å². The van der Waals surface area contributed by atoms with Gasteiger partial charge in [0.1, 0.15) is 0 Å². The Morgan fingerprint density at radius 1 is 1.07 bits per heavy atom. The summed E-state index contributed by atoms with van der Waals surface area (Å²) in [6, 6.07) is 0.721. The Kier molecular flexibility index (Phi) is 2.42. The van der Waals surface area contributed by atoms with Crippen molar-refractivity contribution in [3.63, 3.8) is 0 Å². The van der Waals surface area contributed by atoms with Crippen LogP contribution in [-0.2, 0) is 0 Å². The first kappa shape index (κ1) is 10.5.